The average Bonchev–Trinajstić information content (AvgIpc) is 2.76. The number of benzene rings is 2. The van der Waals surface area contributed by atoms with Gasteiger partial charge in [0.25, 0.3) is 0 Å². The van der Waals surface area contributed by atoms with E-state index in [1.54, 1.807) is 37.5 Å². The van der Waals surface area contributed by atoms with Gasteiger partial charge < -0.3 is 9.64 Å². The highest BCUT2D eigenvalue weighted by Crippen LogP contribution is 2.22. The first-order valence-corrected chi connectivity index (χ1v) is 9.34. The number of carbonyl (C=O) groups is 3. The van der Waals surface area contributed by atoms with Crippen LogP contribution in [0.5, 0.6) is 5.75 Å². The van der Waals surface area contributed by atoms with Gasteiger partial charge in [-0.05, 0) is 30.2 Å². The average molecular weight is 393 g/mol. The molecule has 1 saturated heterocycles. The Kier molecular flexibility index (Phi) is 6.39. The molecule has 3 rings (SSSR count). The summed E-state index contributed by atoms with van der Waals surface area (Å²) in [7, 11) is 0. The van der Waals surface area contributed by atoms with Crippen molar-refractivity contribution in [2.75, 3.05) is 19.6 Å². The molecule has 0 spiro atoms. The third-order valence-electron chi connectivity index (χ3n) is 4.78. The molecule has 0 aromatic heterocycles. The molecule has 0 saturated carbocycles. The summed E-state index contributed by atoms with van der Waals surface area (Å²) in [5.41, 5.74) is 1.40. The first-order chi connectivity index (χ1) is 14.0. The molecule has 1 unspecified atom stereocenters. The Hall–Kier alpha value is -3.48. The standard InChI is InChI=1S/C22H21N2O5/c1-2-23-12-13-24(22(28)21(23)27)20(26)19(14-25)17-8-10-18(11-9-17)29-15-16-6-4-3-5-7-16/h3-11,19H,2,12-13,15H2,1H3. The molecule has 1 atom stereocenters. The van der Waals surface area contributed by atoms with E-state index < -0.39 is 23.6 Å². The van der Waals surface area contributed by atoms with Crippen LogP contribution in [0.4, 0.5) is 0 Å². The van der Waals surface area contributed by atoms with Crippen molar-refractivity contribution in [1.29, 1.82) is 0 Å². The van der Waals surface area contributed by atoms with Crippen LogP contribution in [-0.2, 0) is 25.8 Å². The van der Waals surface area contributed by atoms with Crippen LogP contribution in [0.1, 0.15) is 24.0 Å². The van der Waals surface area contributed by atoms with E-state index >= 15 is 0 Å². The Bertz CT molecular complexity index is 895. The lowest BCUT2D eigenvalue weighted by molar-refractivity contribution is -0.161. The van der Waals surface area contributed by atoms with E-state index in [-0.39, 0.29) is 13.1 Å². The van der Waals surface area contributed by atoms with E-state index in [1.807, 2.05) is 30.3 Å². The summed E-state index contributed by atoms with van der Waals surface area (Å²) in [6.45, 7) is 2.85. The number of carbonyl (C=O) groups excluding carboxylic acids is 4. The quantitative estimate of drug-likeness (QED) is 0.528. The van der Waals surface area contributed by atoms with Crippen LogP contribution >= 0.6 is 0 Å². The van der Waals surface area contributed by atoms with Gasteiger partial charge in [0.15, 0.2) is 0 Å². The van der Waals surface area contributed by atoms with E-state index in [9.17, 15) is 19.2 Å². The lowest BCUT2D eigenvalue weighted by Gasteiger charge is -2.32. The molecule has 1 radical (unpaired) electrons. The van der Waals surface area contributed by atoms with E-state index in [2.05, 4.69) is 0 Å². The Morgan fingerprint density at radius 1 is 1.03 bits per heavy atom. The number of likely N-dealkylation sites (N-methyl/N-ethyl adjacent to an activating group) is 1. The van der Waals surface area contributed by atoms with Crippen LogP contribution in [0.15, 0.2) is 54.6 Å². The minimum Gasteiger partial charge on any atom is -0.489 e. The van der Waals surface area contributed by atoms with E-state index in [1.165, 1.54) is 4.90 Å². The zero-order valence-electron chi connectivity index (χ0n) is 16.0. The molecule has 7 nitrogen and oxygen atoms in total. The zero-order valence-corrected chi connectivity index (χ0v) is 16.0. The summed E-state index contributed by atoms with van der Waals surface area (Å²) in [5, 5.41) is 0. The lowest BCUT2D eigenvalue weighted by Crippen LogP contribution is -2.57. The summed E-state index contributed by atoms with van der Waals surface area (Å²) in [5.74, 6) is -3.08. The molecule has 149 valence electrons. The van der Waals surface area contributed by atoms with Crippen molar-refractivity contribution in [2.45, 2.75) is 19.4 Å². The van der Waals surface area contributed by atoms with Crippen LogP contribution in [0, 0.1) is 0 Å². The maximum Gasteiger partial charge on any atom is 0.318 e. The van der Waals surface area contributed by atoms with Gasteiger partial charge in [-0.2, -0.15) is 0 Å². The number of imide groups is 1. The van der Waals surface area contributed by atoms with Crippen LogP contribution in [-0.4, -0.2) is 53.4 Å². The lowest BCUT2D eigenvalue weighted by atomic mass is 9.98. The van der Waals surface area contributed by atoms with Gasteiger partial charge in [-0.25, -0.2) is 0 Å². The maximum atomic E-state index is 12.7. The molecular formula is C22H21N2O5. The van der Waals surface area contributed by atoms with Gasteiger partial charge in [-0.15, -0.1) is 0 Å². The first kappa shape index (κ1) is 20.3. The third kappa shape index (κ3) is 4.51. The number of hydrogen-bond donors (Lipinski definition) is 0. The molecule has 1 aliphatic heterocycles. The fraction of sp³-hybridized carbons (Fsp3) is 0.273. The molecule has 7 heteroatoms. The predicted octanol–water partition coefficient (Wildman–Crippen LogP) is 1.68. The molecule has 3 amide bonds. The smallest absolute Gasteiger partial charge is 0.318 e. The van der Waals surface area contributed by atoms with Crippen molar-refractivity contribution in [3.8, 4) is 5.75 Å². The van der Waals surface area contributed by atoms with Gasteiger partial charge in [0.2, 0.25) is 12.2 Å². The number of rotatable bonds is 7. The van der Waals surface area contributed by atoms with Crippen molar-refractivity contribution < 1.29 is 23.9 Å². The summed E-state index contributed by atoms with van der Waals surface area (Å²) >= 11 is 0. The summed E-state index contributed by atoms with van der Waals surface area (Å²) in [6.07, 6.45) is 1.69. The molecule has 0 aliphatic carbocycles. The number of hydrogen-bond acceptors (Lipinski definition) is 5. The Balaban J connectivity index is 1.68. The maximum absolute atomic E-state index is 12.7. The second-order valence-electron chi connectivity index (χ2n) is 6.57. The van der Waals surface area contributed by atoms with Crippen LogP contribution < -0.4 is 4.74 Å². The molecule has 0 bridgehead atoms. The van der Waals surface area contributed by atoms with Gasteiger partial charge in [0.1, 0.15) is 18.3 Å². The highest BCUT2D eigenvalue weighted by molar-refractivity contribution is 6.38. The normalized spacial score (nSPS) is 15.2. The van der Waals surface area contributed by atoms with E-state index in [0.717, 1.165) is 10.5 Å². The highest BCUT2D eigenvalue weighted by Gasteiger charge is 2.38. The van der Waals surface area contributed by atoms with E-state index in [4.69, 9.17) is 4.74 Å². The van der Waals surface area contributed by atoms with Crippen LogP contribution in [0.25, 0.3) is 0 Å². The van der Waals surface area contributed by atoms with Crippen molar-refractivity contribution >= 4 is 24.0 Å². The topological polar surface area (TPSA) is 84.0 Å². The summed E-state index contributed by atoms with van der Waals surface area (Å²) in [6, 6.07) is 16.1. The van der Waals surface area contributed by atoms with Gasteiger partial charge in [0.05, 0.1) is 0 Å². The molecule has 1 fully saturated rings. The zero-order chi connectivity index (χ0) is 20.8. The number of amides is 3. The Morgan fingerprint density at radius 2 is 1.72 bits per heavy atom. The molecule has 2 aromatic carbocycles. The first-order valence-electron chi connectivity index (χ1n) is 9.34. The molecule has 29 heavy (non-hydrogen) atoms. The largest absolute Gasteiger partial charge is 0.489 e. The van der Waals surface area contributed by atoms with Crippen molar-refractivity contribution in [3.05, 3.63) is 65.7 Å². The van der Waals surface area contributed by atoms with Crippen molar-refractivity contribution in [1.82, 2.24) is 9.80 Å². The third-order valence-corrected chi connectivity index (χ3v) is 4.78. The molecular weight excluding hydrogens is 372 g/mol. The van der Waals surface area contributed by atoms with Crippen LogP contribution in [0.2, 0.25) is 0 Å². The molecule has 1 heterocycles. The number of piperazine rings is 1. The van der Waals surface area contributed by atoms with Gasteiger partial charge >= 0.3 is 11.8 Å². The Labute approximate surface area is 168 Å². The highest BCUT2D eigenvalue weighted by atomic mass is 16.5. The van der Waals surface area contributed by atoms with Gasteiger partial charge in [-0.3, -0.25) is 24.1 Å². The SMILES string of the molecule is CCN1CCN(C(=O)C([C]=O)c2ccc(OCc3ccccc3)cc2)C(=O)C1=O. The van der Waals surface area contributed by atoms with E-state index in [0.29, 0.717) is 24.5 Å². The monoisotopic (exact) mass is 393 g/mol. The molecule has 1 aliphatic rings. The second-order valence-corrected chi connectivity index (χ2v) is 6.57. The van der Waals surface area contributed by atoms with Crippen LogP contribution in [0.3, 0.4) is 0 Å². The Morgan fingerprint density at radius 3 is 2.34 bits per heavy atom. The minimum atomic E-state index is -1.27. The number of nitrogens with zero attached hydrogens (tertiary/aromatic N) is 2. The fourth-order valence-electron chi connectivity index (χ4n) is 3.10. The fourth-order valence-corrected chi connectivity index (χ4v) is 3.10. The molecule has 2 aromatic rings. The number of ether oxygens (including phenoxy) is 1. The second kappa shape index (κ2) is 9.14. The minimum absolute atomic E-state index is 0.0632. The summed E-state index contributed by atoms with van der Waals surface area (Å²) in [4.78, 5) is 50.6. The van der Waals surface area contributed by atoms with Crippen molar-refractivity contribution in [3.63, 3.8) is 0 Å². The molecule has 0 N–H and O–H groups in total. The predicted molar refractivity (Wildman–Crippen MR) is 105 cm³/mol. The van der Waals surface area contributed by atoms with Gasteiger partial charge in [-0.1, -0.05) is 42.5 Å². The summed E-state index contributed by atoms with van der Waals surface area (Å²) < 4.78 is 5.69. The van der Waals surface area contributed by atoms with Gasteiger partial charge in [0, 0.05) is 19.6 Å². The van der Waals surface area contributed by atoms with Crippen molar-refractivity contribution in [2.24, 2.45) is 0 Å².